The normalized spacial score (nSPS) is 10.5. The van der Waals surface area contributed by atoms with E-state index in [2.05, 4.69) is 36.4 Å². The lowest BCUT2D eigenvalue weighted by Crippen LogP contribution is -2.28. The van der Waals surface area contributed by atoms with Gasteiger partial charge < -0.3 is 10.3 Å². The second-order valence-corrected chi connectivity index (χ2v) is 4.27. The van der Waals surface area contributed by atoms with Crippen molar-refractivity contribution < 1.29 is 9.32 Å². The summed E-state index contributed by atoms with van der Waals surface area (Å²) in [6.07, 6.45) is 1.64. The fourth-order valence-electron chi connectivity index (χ4n) is 1.27. The van der Waals surface area contributed by atoms with Crippen molar-refractivity contribution in [3.63, 3.8) is 0 Å². The quantitative estimate of drug-likeness (QED) is 0.831. The van der Waals surface area contributed by atoms with Crippen LogP contribution in [0.5, 0.6) is 0 Å². The Labute approximate surface area is 111 Å². The van der Waals surface area contributed by atoms with Crippen molar-refractivity contribution in [2.24, 2.45) is 5.73 Å². The van der Waals surface area contributed by atoms with Crippen molar-refractivity contribution in [1.29, 1.82) is 0 Å². The van der Waals surface area contributed by atoms with Crippen LogP contribution in [0.3, 0.4) is 0 Å². The number of hydrogen-bond acceptors (Lipinski definition) is 6. The summed E-state index contributed by atoms with van der Waals surface area (Å²) >= 11 is 3.35. The summed E-state index contributed by atoms with van der Waals surface area (Å²) in [5.41, 5.74) is 5.59. The molecule has 3 N–H and O–H groups in total. The standard InChI is InChI=1S/C10H10BrN5O2/c11-6-2-1-3-14-9(6)10-15-8(18-16-10)5-13-4-7(12)17/h1-3,13H,4-5H2,(H2,12,17). The van der Waals surface area contributed by atoms with Gasteiger partial charge in [-0.25, -0.2) is 0 Å². The number of primary amides is 1. The molecule has 94 valence electrons. The maximum atomic E-state index is 10.5. The smallest absolute Gasteiger partial charge is 0.240 e. The third-order valence-electron chi connectivity index (χ3n) is 2.01. The number of pyridine rings is 1. The van der Waals surface area contributed by atoms with E-state index in [1.807, 2.05) is 6.07 Å². The predicted molar refractivity (Wildman–Crippen MR) is 66.1 cm³/mol. The second kappa shape index (κ2) is 5.69. The van der Waals surface area contributed by atoms with E-state index in [0.29, 0.717) is 17.4 Å². The lowest BCUT2D eigenvalue weighted by Gasteiger charge is -1.96. The Morgan fingerprint density at radius 2 is 2.39 bits per heavy atom. The molecule has 0 spiro atoms. The minimum Gasteiger partial charge on any atom is -0.369 e. The molecule has 0 fully saturated rings. The van der Waals surface area contributed by atoms with Gasteiger partial charge in [-0.2, -0.15) is 4.98 Å². The van der Waals surface area contributed by atoms with E-state index in [0.717, 1.165) is 4.47 Å². The Bertz CT molecular complexity index is 557. The van der Waals surface area contributed by atoms with Crippen LogP contribution in [-0.2, 0) is 11.3 Å². The fourth-order valence-corrected chi connectivity index (χ4v) is 1.70. The fraction of sp³-hybridized carbons (Fsp3) is 0.200. The summed E-state index contributed by atoms with van der Waals surface area (Å²) in [5.74, 6) is 0.310. The number of carbonyl (C=O) groups is 1. The minimum atomic E-state index is -0.442. The number of halogens is 1. The van der Waals surface area contributed by atoms with Crippen molar-refractivity contribution in [2.75, 3.05) is 6.54 Å². The average Bonchev–Trinajstić information content (AvgIpc) is 2.78. The molecule has 0 aliphatic carbocycles. The van der Waals surface area contributed by atoms with Gasteiger partial charge in [0, 0.05) is 10.7 Å². The van der Waals surface area contributed by atoms with Crippen LogP contribution in [0.15, 0.2) is 27.3 Å². The van der Waals surface area contributed by atoms with Crippen LogP contribution in [-0.4, -0.2) is 27.6 Å². The van der Waals surface area contributed by atoms with E-state index in [-0.39, 0.29) is 13.1 Å². The first-order chi connectivity index (χ1) is 8.66. The molecule has 0 aliphatic heterocycles. The first-order valence-electron chi connectivity index (χ1n) is 5.09. The predicted octanol–water partition coefficient (Wildman–Crippen LogP) is 0.469. The van der Waals surface area contributed by atoms with Gasteiger partial charge in [0.1, 0.15) is 5.69 Å². The first kappa shape index (κ1) is 12.7. The molecule has 0 radical (unpaired) electrons. The first-order valence-corrected chi connectivity index (χ1v) is 5.88. The van der Waals surface area contributed by atoms with Crippen LogP contribution in [0.1, 0.15) is 5.89 Å². The van der Waals surface area contributed by atoms with Crippen molar-refractivity contribution in [3.05, 3.63) is 28.7 Å². The molecule has 0 aromatic carbocycles. The van der Waals surface area contributed by atoms with Crippen molar-refractivity contribution in [2.45, 2.75) is 6.54 Å². The van der Waals surface area contributed by atoms with Gasteiger partial charge in [0.05, 0.1) is 13.1 Å². The van der Waals surface area contributed by atoms with Crippen molar-refractivity contribution >= 4 is 21.8 Å². The van der Waals surface area contributed by atoms with Crippen LogP contribution in [0, 0.1) is 0 Å². The van der Waals surface area contributed by atoms with Gasteiger partial charge in [-0.05, 0) is 28.1 Å². The lowest BCUT2D eigenvalue weighted by atomic mass is 10.3. The molecule has 0 saturated carbocycles. The monoisotopic (exact) mass is 311 g/mol. The molecule has 0 bridgehead atoms. The number of carbonyl (C=O) groups excluding carboxylic acids is 1. The molecule has 0 unspecified atom stereocenters. The Kier molecular flexibility index (Phi) is 4.00. The molecule has 7 nitrogen and oxygen atoms in total. The van der Waals surface area contributed by atoms with Crippen LogP contribution < -0.4 is 11.1 Å². The number of aromatic nitrogens is 3. The zero-order valence-corrected chi connectivity index (χ0v) is 10.8. The van der Waals surface area contributed by atoms with Crippen molar-refractivity contribution in [3.8, 4) is 11.5 Å². The van der Waals surface area contributed by atoms with E-state index < -0.39 is 5.91 Å². The third-order valence-corrected chi connectivity index (χ3v) is 2.65. The molecule has 2 rings (SSSR count). The van der Waals surface area contributed by atoms with Gasteiger partial charge in [-0.15, -0.1) is 0 Å². The molecule has 2 heterocycles. The van der Waals surface area contributed by atoms with Crippen LogP contribution in [0.25, 0.3) is 11.5 Å². The van der Waals surface area contributed by atoms with Gasteiger partial charge in [-0.3, -0.25) is 15.1 Å². The van der Waals surface area contributed by atoms with Gasteiger partial charge in [0.15, 0.2) is 0 Å². The SMILES string of the molecule is NC(=O)CNCc1nc(-c2ncccc2Br)no1. The largest absolute Gasteiger partial charge is 0.369 e. The molecular formula is C10H10BrN5O2. The summed E-state index contributed by atoms with van der Waals surface area (Å²) in [7, 11) is 0. The molecule has 1 amide bonds. The number of rotatable bonds is 5. The molecule has 18 heavy (non-hydrogen) atoms. The highest BCUT2D eigenvalue weighted by atomic mass is 79.9. The van der Waals surface area contributed by atoms with E-state index in [1.165, 1.54) is 0 Å². The number of nitrogens with one attached hydrogen (secondary N) is 1. The topological polar surface area (TPSA) is 107 Å². The Morgan fingerprint density at radius 1 is 1.56 bits per heavy atom. The molecule has 0 aliphatic rings. The summed E-state index contributed by atoms with van der Waals surface area (Å²) in [5, 5.41) is 6.59. The molecule has 8 heteroatoms. The number of hydrogen-bond donors (Lipinski definition) is 2. The molecule has 0 atom stereocenters. The minimum absolute atomic E-state index is 0.0605. The van der Waals surface area contributed by atoms with Crippen molar-refractivity contribution in [1.82, 2.24) is 20.4 Å². The van der Waals surface area contributed by atoms with Crippen LogP contribution >= 0.6 is 15.9 Å². The van der Waals surface area contributed by atoms with Gasteiger partial charge in [0.2, 0.25) is 17.6 Å². The maximum absolute atomic E-state index is 10.5. The van der Waals surface area contributed by atoms with Crippen LogP contribution in [0.2, 0.25) is 0 Å². The van der Waals surface area contributed by atoms with Gasteiger partial charge >= 0.3 is 0 Å². The van der Waals surface area contributed by atoms with E-state index in [1.54, 1.807) is 12.3 Å². The third kappa shape index (κ3) is 3.11. The highest BCUT2D eigenvalue weighted by molar-refractivity contribution is 9.10. The molecule has 2 aromatic rings. The van der Waals surface area contributed by atoms with Gasteiger partial charge in [-0.1, -0.05) is 5.16 Å². The van der Waals surface area contributed by atoms with E-state index in [9.17, 15) is 4.79 Å². The Morgan fingerprint density at radius 3 is 3.11 bits per heavy atom. The molecule has 0 saturated heterocycles. The Hall–Kier alpha value is -1.80. The molecular weight excluding hydrogens is 302 g/mol. The van der Waals surface area contributed by atoms with E-state index in [4.69, 9.17) is 10.3 Å². The molecule has 2 aromatic heterocycles. The maximum Gasteiger partial charge on any atom is 0.240 e. The Balaban J connectivity index is 2.06. The summed E-state index contributed by atoms with van der Waals surface area (Å²) in [4.78, 5) is 18.8. The number of amides is 1. The highest BCUT2D eigenvalue weighted by Gasteiger charge is 2.12. The number of nitrogens with two attached hydrogens (primary N) is 1. The van der Waals surface area contributed by atoms with E-state index >= 15 is 0 Å². The second-order valence-electron chi connectivity index (χ2n) is 3.42. The summed E-state index contributed by atoms with van der Waals surface area (Å²) in [6, 6.07) is 3.63. The van der Waals surface area contributed by atoms with Crippen LogP contribution in [0.4, 0.5) is 0 Å². The zero-order chi connectivity index (χ0) is 13.0. The highest BCUT2D eigenvalue weighted by Crippen LogP contribution is 2.22. The summed E-state index contributed by atoms with van der Waals surface area (Å²) in [6.45, 7) is 0.339. The summed E-state index contributed by atoms with van der Waals surface area (Å²) < 4.78 is 5.80. The lowest BCUT2D eigenvalue weighted by molar-refractivity contribution is -0.117. The van der Waals surface area contributed by atoms with Gasteiger partial charge in [0.25, 0.3) is 0 Å². The zero-order valence-electron chi connectivity index (χ0n) is 9.26. The average molecular weight is 312 g/mol. The number of nitrogens with zero attached hydrogens (tertiary/aromatic N) is 3.